The molecule has 0 saturated heterocycles. The van der Waals surface area contributed by atoms with Crippen LogP contribution in [0.3, 0.4) is 0 Å². The van der Waals surface area contributed by atoms with Gasteiger partial charge in [-0.3, -0.25) is 0 Å². The molecule has 0 unspecified atom stereocenters. The normalized spacial score (nSPS) is 14.2. The average Bonchev–Trinajstić information content (AvgIpc) is 3.00. The largest absolute Gasteiger partial charge is 0.378 e. The van der Waals surface area contributed by atoms with Gasteiger partial charge in [0, 0.05) is 31.4 Å². The summed E-state index contributed by atoms with van der Waals surface area (Å²) in [6.45, 7) is 0. The highest BCUT2D eigenvalue weighted by atomic mass is 35.7. The predicted molar refractivity (Wildman–Crippen MR) is 110 cm³/mol. The van der Waals surface area contributed by atoms with Gasteiger partial charge in [0.05, 0.1) is 11.3 Å². The number of hydrogen-bond acceptors (Lipinski definition) is 6. The highest BCUT2D eigenvalue weighted by Gasteiger charge is 2.34. The van der Waals surface area contributed by atoms with Crippen molar-refractivity contribution in [2.45, 2.75) is 0 Å². The summed E-state index contributed by atoms with van der Waals surface area (Å²) in [6.07, 6.45) is 0. The van der Waals surface area contributed by atoms with E-state index in [0.717, 1.165) is 17.1 Å². The van der Waals surface area contributed by atoms with E-state index in [1.54, 1.807) is 0 Å². The van der Waals surface area contributed by atoms with E-state index in [4.69, 9.17) is 23.6 Å². The predicted octanol–water partition coefficient (Wildman–Crippen LogP) is -0.106. The molecule has 3 aromatic rings. The summed E-state index contributed by atoms with van der Waals surface area (Å²) < 4.78 is 36.2. The molecule has 3 aromatic carbocycles. The second-order valence-electron chi connectivity index (χ2n) is 7.04. The molecule has 1 aliphatic heterocycles. The van der Waals surface area contributed by atoms with E-state index in [2.05, 4.69) is 89.3 Å². The molecule has 0 atom stereocenters. The summed E-state index contributed by atoms with van der Waals surface area (Å²) in [4.78, 5) is 7.12. The van der Waals surface area contributed by atoms with E-state index in [1.807, 2.05) is 20.2 Å². The maximum atomic E-state index is 8.49. The third-order valence-electron chi connectivity index (χ3n) is 4.73. The molecule has 0 bridgehead atoms. The lowest BCUT2D eigenvalue weighted by Gasteiger charge is -2.17. The topological polar surface area (TPSA) is 111 Å². The van der Waals surface area contributed by atoms with E-state index in [9.17, 15) is 0 Å². The first-order chi connectivity index (χ1) is 14.6. The van der Waals surface area contributed by atoms with Crippen molar-refractivity contribution >= 4 is 28.5 Å². The number of fused-ring (bicyclic) bond motifs is 1. The van der Waals surface area contributed by atoms with E-state index in [-0.39, 0.29) is 0 Å². The Kier molecular flexibility index (Phi) is 6.84. The van der Waals surface area contributed by atoms with Gasteiger partial charge in [-0.1, -0.05) is 30.3 Å². The Morgan fingerprint density at radius 1 is 0.774 bits per heavy atom. The van der Waals surface area contributed by atoms with Crippen LogP contribution < -0.4 is 23.5 Å². The van der Waals surface area contributed by atoms with Gasteiger partial charge < -0.3 is 4.90 Å². The van der Waals surface area contributed by atoms with E-state index in [0.29, 0.717) is 0 Å². The summed E-state index contributed by atoms with van der Waals surface area (Å²) in [5.41, 5.74) is 7.83. The van der Waals surface area contributed by atoms with Gasteiger partial charge in [-0.2, -0.15) is 4.58 Å². The van der Waals surface area contributed by atoms with Gasteiger partial charge in [-0.05, 0) is 42.5 Å². The Labute approximate surface area is 183 Å². The zero-order valence-electron chi connectivity index (χ0n) is 17.4. The van der Waals surface area contributed by atoms with Crippen molar-refractivity contribution in [2.75, 3.05) is 26.0 Å². The first kappa shape index (κ1) is 22.6. The van der Waals surface area contributed by atoms with Gasteiger partial charge in [-0.15, -0.1) is 10.2 Å². The van der Waals surface area contributed by atoms with Crippen molar-refractivity contribution < 1.29 is 33.5 Å². The Balaban J connectivity index is 0.000000491. The molecule has 1 aliphatic rings. The van der Waals surface area contributed by atoms with Crippen molar-refractivity contribution in [3.8, 4) is 0 Å². The molecule has 1 heterocycles. The summed E-state index contributed by atoms with van der Waals surface area (Å²) in [5.74, 6) is 0. The standard InChI is InChI=1S/C23H22N3.ClHO4/c1-25(2)19-15-13-18(14-16-19)24-22-20-11-7-8-12-21(20)26(3)23(22)17-9-5-4-6-10-17;2-1(3,4)5/h4-16H,1-3H3;(H,2,3,4,5)/q+1;/p-1. The van der Waals surface area contributed by atoms with Crippen LogP contribution in [0.4, 0.5) is 17.1 Å². The van der Waals surface area contributed by atoms with Crippen molar-refractivity contribution in [2.24, 2.45) is 4.99 Å². The Morgan fingerprint density at radius 3 is 1.90 bits per heavy atom. The van der Waals surface area contributed by atoms with Crippen LogP contribution in [-0.4, -0.2) is 37.1 Å². The molecule has 0 amide bonds. The minimum absolute atomic E-state index is 0.962. The third-order valence-corrected chi connectivity index (χ3v) is 4.73. The van der Waals surface area contributed by atoms with Crippen LogP contribution in [0.25, 0.3) is 0 Å². The number of halogens is 1. The van der Waals surface area contributed by atoms with Gasteiger partial charge in [0.1, 0.15) is 12.8 Å². The Morgan fingerprint density at radius 2 is 1.32 bits per heavy atom. The average molecular weight is 440 g/mol. The molecule has 0 aromatic heterocycles. The fourth-order valence-electron chi connectivity index (χ4n) is 3.37. The fraction of sp³-hybridized carbons (Fsp3) is 0.130. The third kappa shape index (κ3) is 5.75. The molecular formula is C23H22ClN3O4. The molecule has 31 heavy (non-hydrogen) atoms. The van der Waals surface area contributed by atoms with Gasteiger partial charge in [0.2, 0.25) is 11.4 Å². The molecule has 0 saturated carbocycles. The SMILES string of the molecule is CN(C)c1ccc(N=C2C(c3ccccc3)=[N+](C)c3ccccc32)cc1.[O-][Cl+3]([O-])([O-])[O-]. The van der Waals surface area contributed by atoms with Gasteiger partial charge in [-0.25, -0.2) is 23.6 Å². The molecule has 0 aliphatic carbocycles. The van der Waals surface area contributed by atoms with Crippen LogP contribution in [-0.2, 0) is 0 Å². The van der Waals surface area contributed by atoms with Crippen molar-refractivity contribution in [3.05, 3.63) is 90.0 Å². The van der Waals surface area contributed by atoms with E-state index >= 15 is 0 Å². The molecular weight excluding hydrogens is 418 g/mol. The monoisotopic (exact) mass is 439 g/mol. The summed E-state index contributed by atoms with van der Waals surface area (Å²) in [5, 5.41) is 0. The van der Waals surface area contributed by atoms with Crippen LogP contribution >= 0.6 is 0 Å². The molecule has 8 heteroatoms. The van der Waals surface area contributed by atoms with Crippen molar-refractivity contribution in [1.29, 1.82) is 0 Å². The molecule has 0 fully saturated rings. The fourth-order valence-corrected chi connectivity index (χ4v) is 3.37. The smallest absolute Gasteiger partial charge is 0.239 e. The summed E-state index contributed by atoms with van der Waals surface area (Å²) >= 11 is 0. The quantitative estimate of drug-likeness (QED) is 0.529. The van der Waals surface area contributed by atoms with Crippen LogP contribution in [0, 0.1) is 10.2 Å². The molecule has 0 N–H and O–H groups in total. The lowest BCUT2D eigenvalue weighted by molar-refractivity contribution is -2.00. The summed E-state index contributed by atoms with van der Waals surface area (Å²) in [7, 11) is 1.26. The molecule has 4 rings (SSSR count). The van der Waals surface area contributed by atoms with Crippen LogP contribution in [0.15, 0.2) is 83.9 Å². The zero-order valence-corrected chi connectivity index (χ0v) is 18.1. The lowest BCUT2D eigenvalue weighted by atomic mass is 10.0. The van der Waals surface area contributed by atoms with Crippen LogP contribution in [0.2, 0.25) is 0 Å². The molecule has 0 spiro atoms. The maximum absolute atomic E-state index is 8.49. The van der Waals surface area contributed by atoms with Gasteiger partial charge >= 0.3 is 0 Å². The van der Waals surface area contributed by atoms with E-state index in [1.165, 1.54) is 22.5 Å². The summed E-state index contributed by atoms with van der Waals surface area (Å²) in [6, 6.07) is 27.3. The number of para-hydroxylation sites is 1. The highest BCUT2D eigenvalue weighted by Crippen LogP contribution is 2.30. The second kappa shape index (κ2) is 9.38. The van der Waals surface area contributed by atoms with Crippen molar-refractivity contribution in [3.63, 3.8) is 0 Å². The first-order valence-corrected chi connectivity index (χ1v) is 10.6. The zero-order chi connectivity index (χ0) is 22.6. The number of anilines is 1. The second-order valence-corrected chi connectivity index (χ2v) is 7.80. The minimum atomic E-state index is -4.94. The number of aliphatic imine (C=N–C) groups is 1. The number of nitrogens with zero attached hydrogens (tertiary/aromatic N) is 3. The lowest BCUT2D eigenvalue weighted by Crippen LogP contribution is -2.68. The first-order valence-electron chi connectivity index (χ1n) is 9.39. The minimum Gasteiger partial charge on any atom is -0.378 e. The Bertz CT molecular complexity index is 1100. The number of benzene rings is 3. The van der Waals surface area contributed by atoms with E-state index < -0.39 is 10.2 Å². The molecule has 7 nitrogen and oxygen atoms in total. The van der Waals surface area contributed by atoms with Crippen molar-refractivity contribution in [1.82, 2.24) is 0 Å². The number of hydrogen-bond donors (Lipinski definition) is 0. The Hall–Kier alpha value is -3.07. The van der Waals surface area contributed by atoms with Gasteiger partial charge in [0.15, 0.2) is 0 Å². The van der Waals surface area contributed by atoms with Crippen LogP contribution in [0.1, 0.15) is 11.1 Å². The number of rotatable bonds is 3. The maximum Gasteiger partial charge on any atom is 0.239 e. The molecule has 0 radical (unpaired) electrons. The highest BCUT2D eigenvalue weighted by molar-refractivity contribution is 6.54. The molecule has 160 valence electrons. The van der Waals surface area contributed by atoms with Gasteiger partial charge in [0.25, 0.3) is 0 Å². The van der Waals surface area contributed by atoms with Crippen LogP contribution in [0.5, 0.6) is 0 Å².